The number of thioether (sulfide) groups is 1. The summed E-state index contributed by atoms with van der Waals surface area (Å²) in [5.41, 5.74) is 6.31. The van der Waals surface area contributed by atoms with Gasteiger partial charge in [-0.3, -0.25) is 14.8 Å². The number of sulfonamides is 1. The number of nitro benzene ring substituents is 1. The molecule has 0 unspecified atom stereocenters. The van der Waals surface area contributed by atoms with Crippen molar-refractivity contribution in [2.24, 2.45) is 0 Å². The van der Waals surface area contributed by atoms with Crippen molar-refractivity contribution in [3.63, 3.8) is 0 Å². The number of fused-ring (bicyclic) bond motifs is 1. The molecule has 0 atom stereocenters. The van der Waals surface area contributed by atoms with Crippen LogP contribution in [0.3, 0.4) is 0 Å². The van der Waals surface area contributed by atoms with E-state index in [1.165, 1.54) is 18.2 Å². The molecule has 0 aliphatic heterocycles. The number of nitro groups is 1. The van der Waals surface area contributed by atoms with Crippen LogP contribution in [0.1, 0.15) is 5.56 Å². The third-order valence-corrected chi connectivity index (χ3v) is 7.70. The standard InChI is InChI=1S/C19H13Cl2N5O5S2/c20-11-4-2-1-3-10(11)9-32-16-7-13(22)14(8-15(16)26(27)28)25-33(29,30)17-6-5-12(21)18-19(17)24-31-23-18/h1-8,25H,9,22H2. The van der Waals surface area contributed by atoms with Crippen LogP contribution >= 0.6 is 35.0 Å². The van der Waals surface area contributed by atoms with Crippen molar-refractivity contribution >= 4 is 73.1 Å². The number of aromatic nitrogens is 2. The summed E-state index contributed by atoms with van der Waals surface area (Å²) in [5.74, 6) is 0.354. The number of rotatable bonds is 7. The number of benzene rings is 3. The first-order valence-corrected chi connectivity index (χ1v) is 12.3. The van der Waals surface area contributed by atoms with E-state index in [4.69, 9.17) is 28.9 Å². The molecule has 1 aromatic heterocycles. The van der Waals surface area contributed by atoms with E-state index in [1.54, 1.807) is 24.3 Å². The van der Waals surface area contributed by atoms with Gasteiger partial charge in [0.25, 0.3) is 15.7 Å². The summed E-state index contributed by atoms with van der Waals surface area (Å²) in [5, 5.41) is 19.5. The molecular formula is C19H13Cl2N5O5S2. The monoisotopic (exact) mass is 525 g/mol. The third kappa shape index (κ3) is 4.69. The van der Waals surface area contributed by atoms with Gasteiger partial charge < -0.3 is 5.73 Å². The first-order valence-electron chi connectivity index (χ1n) is 9.05. The van der Waals surface area contributed by atoms with E-state index in [0.717, 1.165) is 23.4 Å². The lowest BCUT2D eigenvalue weighted by Crippen LogP contribution is -2.15. The predicted molar refractivity (Wildman–Crippen MR) is 126 cm³/mol. The fourth-order valence-corrected chi connectivity index (χ4v) is 5.67. The molecule has 10 nitrogen and oxygen atoms in total. The largest absolute Gasteiger partial charge is 0.397 e. The minimum Gasteiger partial charge on any atom is -0.397 e. The summed E-state index contributed by atoms with van der Waals surface area (Å²) in [6.45, 7) is 0. The fraction of sp³-hybridized carbons (Fsp3) is 0.0526. The highest BCUT2D eigenvalue weighted by molar-refractivity contribution is 7.98. The fourth-order valence-electron chi connectivity index (χ4n) is 2.93. The van der Waals surface area contributed by atoms with Gasteiger partial charge in [0, 0.05) is 16.8 Å². The van der Waals surface area contributed by atoms with Crippen LogP contribution in [-0.4, -0.2) is 23.7 Å². The van der Waals surface area contributed by atoms with Gasteiger partial charge in [-0.15, -0.1) is 11.8 Å². The molecule has 3 N–H and O–H groups in total. The zero-order chi connectivity index (χ0) is 23.8. The van der Waals surface area contributed by atoms with Gasteiger partial charge >= 0.3 is 0 Å². The molecule has 4 rings (SSSR count). The summed E-state index contributed by atoms with van der Waals surface area (Å²) in [4.78, 5) is 11.0. The molecule has 0 aliphatic rings. The Morgan fingerprint density at radius 3 is 2.55 bits per heavy atom. The molecule has 0 bridgehead atoms. The van der Waals surface area contributed by atoms with Crippen LogP contribution < -0.4 is 10.5 Å². The molecule has 3 aromatic carbocycles. The van der Waals surface area contributed by atoms with E-state index in [2.05, 4.69) is 19.7 Å². The summed E-state index contributed by atoms with van der Waals surface area (Å²) in [6, 6.07) is 12.1. The van der Waals surface area contributed by atoms with Crippen molar-refractivity contribution in [3.8, 4) is 0 Å². The smallest absolute Gasteiger partial charge is 0.285 e. The maximum Gasteiger partial charge on any atom is 0.285 e. The van der Waals surface area contributed by atoms with E-state index in [9.17, 15) is 18.5 Å². The van der Waals surface area contributed by atoms with Gasteiger partial charge in [-0.1, -0.05) is 41.4 Å². The number of anilines is 2. The second-order valence-electron chi connectivity index (χ2n) is 6.66. The number of nitrogens with zero attached hydrogens (tertiary/aromatic N) is 3. The predicted octanol–water partition coefficient (Wildman–Crippen LogP) is 5.11. The van der Waals surface area contributed by atoms with Crippen LogP contribution in [0.4, 0.5) is 17.1 Å². The Kier molecular flexibility index (Phi) is 6.34. The molecule has 0 fully saturated rings. The van der Waals surface area contributed by atoms with Crippen molar-refractivity contribution < 1.29 is 18.0 Å². The molecule has 0 saturated carbocycles. The summed E-state index contributed by atoms with van der Waals surface area (Å²) >= 11 is 13.3. The van der Waals surface area contributed by atoms with E-state index < -0.39 is 14.9 Å². The van der Waals surface area contributed by atoms with Crippen molar-refractivity contribution in [1.82, 2.24) is 10.3 Å². The first-order chi connectivity index (χ1) is 15.7. The third-order valence-electron chi connectivity index (χ3n) is 4.53. The topological polar surface area (TPSA) is 154 Å². The average Bonchev–Trinajstić information content (AvgIpc) is 3.25. The molecule has 0 aliphatic carbocycles. The molecule has 4 aromatic rings. The SMILES string of the molecule is Nc1cc(SCc2ccccc2Cl)c([N+](=O)[O-])cc1NS(=O)(=O)c1ccc(Cl)c2nonc12. The summed E-state index contributed by atoms with van der Waals surface area (Å²) < 4.78 is 32.8. The lowest BCUT2D eigenvalue weighted by molar-refractivity contribution is -0.387. The van der Waals surface area contributed by atoms with E-state index >= 15 is 0 Å². The maximum atomic E-state index is 13.0. The van der Waals surface area contributed by atoms with Crippen molar-refractivity contribution in [1.29, 1.82) is 0 Å². The molecule has 33 heavy (non-hydrogen) atoms. The molecule has 170 valence electrons. The van der Waals surface area contributed by atoms with E-state index in [0.29, 0.717) is 10.8 Å². The van der Waals surface area contributed by atoms with Crippen molar-refractivity contribution in [2.75, 3.05) is 10.5 Å². The van der Waals surface area contributed by atoms with E-state index in [1.807, 2.05) is 0 Å². The quantitative estimate of drug-likeness (QED) is 0.145. The highest BCUT2D eigenvalue weighted by Crippen LogP contribution is 2.39. The second-order valence-corrected chi connectivity index (χ2v) is 10.1. The minimum absolute atomic E-state index is 0.00526. The maximum absolute atomic E-state index is 13.0. The molecule has 0 spiro atoms. The molecule has 14 heteroatoms. The van der Waals surface area contributed by atoms with Gasteiger partial charge in [-0.05, 0) is 40.1 Å². The zero-order valence-corrected chi connectivity index (χ0v) is 19.5. The lowest BCUT2D eigenvalue weighted by atomic mass is 10.2. The number of nitrogens with one attached hydrogen (secondary N) is 1. The number of halogens is 2. The Morgan fingerprint density at radius 1 is 1.09 bits per heavy atom. The molecule has 1 heterocycles. The van der Waals surface area contributed by atoms with Gasteiger partial charge in [0.05, 0.1) is 26.2 Å². The number of nitrogen functional groups attached to an aromatic ring is 1. The Bertz CT molecular complexity index is 1490. The second kappa shape index (κ2) is 9.06. The van der Waals surface area contributed by atoms with Crippen LogP contribution in [0.25, 0.3) is 11.0 Å². The summed E-state index contributed by atoms with van der Waals surface area (Å²) in [6.07, 6.45) is 0. The highest BCUT2D eigenvalue weighted by Gasteiger charge is 2.25. The highest BCUT2D eigenvalue weighted by atomic mass is 35.5. The molecule has 0 radical (unpaired) electrons. The zero-order valence-electron chi connectivity index (χ0n) is 16.4. The van der Waals surface area contributed by atoms with Gasteiger partial charge in [0.15, 0.2) is 11.0 Å². The number of nitrogens with two attached hydrogens (primary N) is 1. The van der Waals surface area contributed by atoms with Crippen LogP contribution in [0.5, 0.6) is 0 Å². The van der Waals surface area contributed by atoms with Crippen LogP contribution in [0.15, 0.2) is 63.0 Å². The Morgan fingerprint density at radius 2 is 1.82 bits per heavy atom. The van der Waals surface area contributed by atoms with Gasteiger partial charge in [-0.25, -0.2) is 13.0 Å². The Hall–Kier alpha value is -3.06. The summed E-state index contributed by atoms with van der Waals surface area (Å²) in [7, 11) is -4.26. The van der Waals surface area contributed by atoms with E-state index in [-0.39, 0.29) is 42.9 Å². The van der Waals surface area contributed by atoms with Crippen LogP contribution in [0.2, 0.25) is 10.0 Å². The van der Waals surface area contributed by atoms with Gasteiger partial charge in [-0.2, -0.15) is 0 Å². The molecule has 0 amide bonds. The Balaban J connectivity index is 1.67. The average molecular weight is 526 g/mol. The van der Waals surface area contributed by atoms with Crippen LogP contribution in [-0.2, 0) is 15.8 Å². The van der Waals surface area contributed by atoms with Crippen molar-refractivity contribution in [3.05, 3.63) is 74.3 Å². The number of hydrogen-bond acceptors (Lipinski definition) is 9. The Labute approximate surface area is 201 Å². The first kappa shape index (κ1) is 23.1. The molecular weight excluding hydrogens is 513 g/mol. The molecule has 0 saturated heterocycles. The number of hydrogen-bond donors (Lipinski definition) is 2. The van der Waals surface area contributed by atoms with Crippen molar-refractivity contribution in [2.45, 2.75) is 15.5 Å². The normalized spacial score (nSPS) is 11.6. The van der Waals surface area contributed by atoms with Crippen LogP contribution in [0, 0.1) is 10.1 Å². The minimum atomic E-state index is -4.26. The van der Waals surface area contributed by atoms with Gasteiger partial charge in [0.2, 0.25) is 0 Å². The van der Waals surface area contributed by atoms with Gasteiger partial charge in [0.1, 0.15) is 4.90 Å². The lowest BCUT2D eigenvalue weighted by Gasteiger charge is -2.13.